The Morgan fingerprint density at radius 2 is 1.88 bits per heavy atom. The van der Waals surface area contributed by atoms with Gasteiger partial charge in [0, 0.05) is 25.2 Å². The van der Waals surface area contributed by atoms with Crippen molar-refractivity contribution in [1.82, 2.24) is 10.2 Å². The molecule has 3 atom stereocenters. The molecule has 1 N–H and O–H groups in total. The van der Waals surface area contributed by atoms with E-state index in [2.05, 4.69) is 54.4 Å². The molecule has 25 heavy (non-hydrogen) atoms. The summed E-state index contributed by atoms with van der Waals surface area (Å²) in [5.41, 5.74) is 1.87. The molecule has 1 aromatic rings. The first-order valence-corrected chi connectivity index (χ1v) is 10.2. The highest BCUT2D eigenvalue weighted by molar-refractivity contribution is 5.27. The van der Waals surface area contributed by atoms with Gasteiger partial charge in [0.1, 0.15) is 0 Å². The molecule has 1 saturated carbocycles. The number of piperidine rings is 1. The molecule has 3 nitrogen and oxygen atoms in total. The number of nitrogens with zero attached hydrogens (tertiary/aromatic N) is 1. The summed E-state index contributed by atoms with van der Waals surface area (Å²) in [6, 6.07) is 12.4. The van der Waals surface area contributed by atoms with Gasteiger partial charge in [0.15, 0.2) is 0 Å². The summed E-state index contributed by atoms with van der Waals surface area (Å²) in [5.74, 6) is 1.48. The molecular formula is C22H34N2O. The minimum absolute atomic E-state index is 0.361. The lowest BCUT2D eigenvalue weighted by Crippen LogP contribution is -2.59. The number of benzene rings is 1. The van der Waals surface area contributed by atoms with E-state index >= 15 is 0 Å². The van der Waals surface area contributed by atoms with E-state index in [-0.39, 0.29) is 0 Å². The van der Waals surface area contributed by atoms with Crippen LogP contribution in [0.2, 0.25) is 0 Å². The van der Waals surface area contributed by atoms with Gasteiger partial charge >= 0.3 is 0 Å². The van der Waals surface area contributed by atoms with Crippen molar-refractivity contribution in [3.8, 4) is 0 Å². The van der Waals surface area contributed by atoms with E-state index in [9.17, 15) is 0 Å². The highest BCUT2D eigenvalue weighted by Gasteiger charge is 2.49. The second kappa shape index (κ2) is 7.38. The second-order valence-corrected chi connectivity index (χ2v) is 9.04. The van der Waals surface area contributed by atoms with Gasteiger partial charge in [-0.3, -0.25) is 0 Å². The molecule has 0 spiro atoms. The first-order valence-electron chi connectivity index (χ1n) is 10.2. The van der Waals surface area contributed by atoms with Gasteiger partial charge in [-0.2, -0.15) is 0 Å². The Kier molecular flexibility index (Phi) is 5.17. The second-order valence-electron chi connectivity index (χ2n) is 9.04. The summed E-state index contributed by atoms with van der Waals surface area (Å²) in [6.45, 7) is 10.6. The van der Waals surface area contributed by atoms with E-state index in [0.29, 0.717) is 23.4 Å². The lowest BCUT2D eigenvalue weighted by molar-refractivity contribution is 0.0486. The fourth-order valence-electron chi connectivity index (χ4n) is 5.12. The summed E-state index contributed by atoms with van der Waals surface area (Å²) < 4.78 is 5.52. The summed E-state index contributed by atoms with van der Waals surface area (Å²) in [5, 5.41) is 4.01. The number of hydrogen-bond acceptors (Lipinski definition) is 3. The Labute approximate surface area is 153 Å². The fraction of sp³-hybridized carbons (Fsp3) is 0.727. The van der Waals surface area contributed by atoms with Gasteiger partial charge in [-0.1, -0.05) is 44.2 Å². The maximum absolute atomic E-state index is 5.52. The molecule has 3 heteroatoms. The minimum atomic E-state index is 0.361. The van der Waals surface area contributed by atoms with Crippen molar-refractivity contribution in [1.29, 1.82) is 0 Å². The lowest BCUT2D eigenvalue weighted by atomic mass is 9.56. The van der Waals surface area contributed by atoms with Crippen LogP contribution in [0.5, 0.6) is 0 Å². The average molecular weight is 343 g/mol. The summed E-state index contributed by atoms with van der Waals surface area (Å²) in [7, 11) is 0. The summed E-state index contributed by atoms with van der Waals surface area (Å²) >= 11 is 0. The molecule has 138 valence electrons. The molecule has 3 fully saturated rings. The Hall–Kier alpha value is -0.900. The smallest absolute Gasteiger partial charge is 0.0507 e. The fourth-order valence-corrected chi connectivity index (χ4v) is 5.12. The van der Waals surface area contributed by atoms with Gasteiger partial charge < -0.3 is 15.0 Å². The van der Waals surface area contributed by atoms with Gasteiger partial charge in [0.05, 0.1) is 6.61 Å². The summed E-state index contributed by atoms with van der Waals surface area (Å²) in [6.07, 6.45) is 5.15. The minimum Gasteiger partial charge on any atom is -0.381 e. The maximum atomic E-state index is 5.52. The topological polar surface area (TPSA) is 24.5 Å². The molecule has 4 rings (SSSR count). The molecule has 3 aliphatic rings. The van der Waals surface area contributed by atoms with Crippen molar-refractivity contribution < 1.29 is 4.74 Å². The Morgan fingerprint density at radius 1 is 1.12 bits per heavy atom. The molecule has 0 unspecified atom stereocenters. The quantitative estimate of drug-likeness (QED) is 0.884. The number of likely N-dealkylation sites (tertiary alicyclic amines) is 1. The molecule has 0 amide bonds. The molecule has 2 saturated heterocycles. The van der Waals surface area contributed by atoms with Crippen LogP contribution in [0, 0.1) is 11.3 Å². The largest absolute Gasteiger partial charge is 0.381 e. The monoisotopic (exact) mass is 342 g/mol. The molecule has 2 heterocycles. The number of ether oxygens (including phenoxy) is 1. The Balaban J connectivity index is 1.24. The SMILES string of the molecule is CC1(C)[C@H](NC2CCN(C[C@H]3CCOC3)CC2)C[C@H]1c1ccccc1. The molecule has 1 aromatic carbocycles. The van der Waals surface area contributed by atoms with Gasteiger partial charge in [0.2, 0.25) is 0 Å². The third-order valence-electron chi connectivity index (χ3n) is 7.03. The van der Waals surface area contributed by atoms with Crippen LogP contribution < -0.4 is 5.32 Å². The molecule has 0 radical (unpaired) electrons. The van der Waals surface area contributed by atoms with E-state index in [4.69, 9.17) is 4.74 Å². The zero-order chi connectivity index (χ0) is 17.3. The third kappa shape index (κ3) is 3.79. The van der Waals surface area contributed by atoms with Crippen LogP contribution in [0.4, 0.5) is 0 Å². The number of nitrogens with one attached hydrogen (secondary N) is 1. The number of rotatable bonds is 5. The highest BCUT2D eigenvalue weighted by Crippen LogP contribution is 2.52. The zero-order valence-corrected chi connectivity index (χ0v) is 15.9. The van der Waals surface area contributed by atoms with E-state index in [1.807, 2.05) is 0 Å². The van der Waals surface area contributed by atoms with E-state index < -0.39 is 0 Å². The normalized spacial score (nSPS) is 33.3. The lowest BCUT2D eigenvalue weighted by Gasteiger charge is -2.54. The molecule has 1 aliphatic carbocycles. The van der Waals surface area contributed by atoms with Crippen LogP contribution in [-0.4, -0.2) is 49.8 Å². The summed E-state index contributed by atoms with van der Waals surface area (Å²) in [4.78, 5) is 2.66. The van der Waals surface area contributed by atoms with Gasteiger partial charge in [-0.05, 0) is 61.6 Å². The maximum Gasteiger partial charge on any atom is 0.0507 e. The van der Waals surface area contributed by atoms with Crippen LogP contribution in [0.3, 0.4) is 0 Å². The van der Waals surface area contributed by atoms with Gasteiger partial charge in [-0.25, -0.2) is 0 Å². The first kappa shape index (κ1) is 17.5. The van der Waals surface area contributed by atoms with Gasteiger partial charge in [0.25, 0.3) is 0 Å². The Bertz CT molecular complexity index is 544. The molecule has 0 bridgehead atoms. The van der Waals surface area contributed by atoms with E-state index in [1.165, 1.54) is 50.9 Å². The predicted molar refractivity (Wildman–Crippen MR) is 103 cm³/mol. The molecular weight excluding hydrogens is 308 g/mol. The van der Waals surface area contributed by atoms with Crippen LogP contribution in [0.15, 0.2) is 30.3 Å². The van der Waals surface area contributed by atoms with Crippen LogP contribution in [-0.2, 0) is 4.74 Å². The van der Waals surface area contributed by atoms with E-state index in [0.717, 1.165) is 19.1 Å². The Morgan fingerprint density at radius 3 is 2.52 bits per heavy atom. The van der Waals surface area contributed by atoms with Crippen molar-refractivity contribution in [3.63, 3.8) is 0 Å². The highest BCUT2D eigenvalue weighted by atomic mass is 16.5. The predicted octanol–water partition coefficient (Wildman–Crippen LogP) is 3.66. The number of hydrogen-bond donors (Lipinski definition) is 1. The van der Waals surface area contributed by atoms with Crippen molar-refractivity contribution >= 4 is 0 Å². The molecule has 2 aliphatic heterocycles. The van der Waals surface area contributed by atoms with Crippen LogP contribution in [0.1, 0.15) is 51.0 Å². The standard InChI is InChI=1S/C22H34N2O/c1-22(2)20(18-6-4-3-5-7-18)14-21(22)23-19-8-11-24(12-9-19)15-17-10-13-25-16-17/h3-7,17,19-21,23H,8-16H2,1-2H3/t17-,20+,21-/m1/s1. The van der Waals surface area contributed by atoms with Crippen molar-refractivity contribution in [2.45, 2.75) is 57.5 Å². The van der Waals surface area contributed by atoms with E-state index in [1.54, 1.807) is 0 Å². The van der Waals surface area contributed by atoms with Crippen molar-refractivity contribution in [2.24, 2.45) is 11.3 Å². The third-order valence-corrected chi connectivity index (χ3v) is 7.03. The molecule has 0 aromatic heterocycles. The van der Waals surface area contributed by atoms with Crippen LogP contribution in [0.25, 0.3) is 0 Å². The van der Waals surface area contributed by atoms with Crippen molar-refractivity contribution in [3.05, 3.63) is 35.9 Å². The average Bonchev–Trinajstić information content (AvgIpc) is 3.13. The zero-order valence-electron chi connectivity index (χ0n) is 15.9. The van der Waals surface area contributed by atoms with Crippen LogP contribution >= 0.6 is 0 Å². The van der Waals surface area contributed by atoms with Gasteiger partial charge in [-0.15, -0.1) is 0 Å². The van der Waals surface area contributed by atoms with Crippen molar-refractivity contribution in [2.75, 3.05) is 32.8 Å². The first-order chi connectivity index (χ1) is 12.1.